The number of hydrogen-bond acceptors (Lipinski definition) is 3. The normalized spacial score (nSPS) is 11.9. The maximum absolute atomic E-state index is 5.81. The quantitative estimate of drug-likeness (QED) is 0.765. The Labute approximate surface area is 131 Å². The van der Waals surface area contributed by atoms with Crippen LogP contribution in [0.5, 0.6) is 5.75 Å². The third-order valence-electron chi connectivity index (χ3n) is 2.84. The molecule has 0 amide bonds. The van der Waals surface area contributed by atoms with Crippen molar-refractivity contribution in [3.8, 4) is 5.75 Å². The van der Waals surface area contributed by atoms with Crippen molar-refractivity contribution < 1.29 is 4.74 Å². The molecule has 1 aromatic rings. The molecule has 0 spiro atoms. The fraction of sp³-hybridized carbons (Fsp3) is 0.625. The van der Waals surface area contributed by atoms with E-state index in [1.807, 2.05) is 6.07 Å². The van der Waals surface area contributed by atoms with E-state index in [1.165, 1.54) is 5.56 Å². The minimum Gasteiger partial charge on any atom is -0.494 e. The Hall–Kier alpha value is -0.580. The molecule has 0 aromatic heterocycles. The Morgan fingerprint density at radius 2 is 1.95 bits per heavy atom. The van der Waals surface area contributed by atoms with Crippen LogP contribution in [0.15, 0.2) is 22.7 Å². The summed E-state index contributed by atoms with van der Waals surface area (Å²) in [6.07, 6.45) is 1.04. The van der Waals surface area contributed by atoms with E-state index >= 15 is 0 Å². The van der Waals surface area contributed by atoms with Gasteiger partial charge in [0.2, 0.25) is 0 Å². The zero-order chi connectivity index (χ0) is 15.2. The summed E-state index contributed by atoms with van der Waals surface area (Å²) < 4.78 is 6.93. The maximum atomic E-state index is 5.81. The lowest BCUT2D eigenvalue weighted by Gasteiger charge is -2.21. The van der Waals surface area contributed by atoms with E-state index in [2.05, 4.69) is 73.1 Å². The average Bonchev–Trinajstić information content (AvgIpc) is 2.33. The molecule has 0 fully saturated rings. The van der Waals surface area contributed by atoms with Crippen molar-refractivity contribution in [2.45, 2.75) is 39.3 Å². The number of nitrogens with zero attached hydrogens (tertiary/aromatic N) is 1. The molecule has 0 aliphatic carbocycles. The van der Waals surface area contributed by atoms with Crippen molar-refractivity contribution in [1.29, 1.82) is 0 Å². The molecule has 20 heavy (non-hydrogen) atoms. The molecule has 0 saturated carbocycles. The highest BCUT2D eigenvalue weighted by Gasteiger charge is 2.10. The van der Waals surface area contributed by atoms with Crippen LogP contribution in [0.1, 0.15) is 32.8 Å². The van der Waals surface area contributed by atoms with Gasteiger partial charge in [-0.15, -0.1) is 0 Å². The number of nitrogens with one attached hydrogen (secondary N) is 1. The lowest BCUT2D eigenvalue weighted by atomic mass is 10.1. The molecule has 0 aliphatic rings. The van der Waals surface area contributed by atoms with Gasteiger partial charge in [-0.1, -0.05) is 15.9 Å². The van der Waals surface area contributed by atoms with Gasteiger partial charge in [-0.2, -0.15) is 0 Å². The zero-order valence-corrected chi connectivity index (χ0v) is 14.9. The summed E-state index contributed by atoms with van der Waals surface area (Å²) in [6, 6.07) is 6.18. The van der Waals surface area contributed by atoms with Crippen molar-refractivity contribution in [3.63, 3.8) is 0 Å². The lowest BCUT2D eigenvalue weighted by molar-refractivity contribution is 0.281. The first-order valence-corrected chi connectivity index (χ1v) is 7.88. The molecule has 0 atom stereocenters. The molecule has 0 saturated heterocycles. The number of ether oxygens (including phenoxy) is 1. The maximum Gasteiger partial charge on any atom is 0.119 e. The summed E-state index contributed by atoms with van der Waals surface area (Å²) in [6.45, 7) is 9.15. The Morgan fingerprint density at radius 1 is 1.25 bits per heavy atom. The predicted molar refractivity (Wildman–Crippen MR) is 89.4 cm³/mol. The molecule has 114 valence electrons. The van der Waals surface area contributed by atoms with Gasteiger partial charge in [0.1, 0.15) is 5.75 Å². The molecule has 1 N–H and O–H groups in total. The van der Waals surface area contributed by atoms with Crippen molar-refractivity contribution in [1.82, 2.24) is 10.2 Å². The van der Waals surface area contributed by atoms with Gasteiger partial charge in [0.25, 0.3) is 0 Å². The molecule has 1 aromatic carbocycles. The molecular formula is C16H27BrN2O. The van der Waals surface area contributed by atoms with Crippen molar-refractivity contribution in [2.24, 2.45) is 0 Å². The van der Waals surface area contributed by atoms with E-state index in [0.717, 1.165) is 36.3 Å². The van der Waals surface area contributed by atoms with Gasteiger partial charge in [-0.25, -0.2) is 0 Å². The summed E-state index contributed by atoms with van der Waals surface area (Å²) >= 11 is 3.60. The minimum atomic E-state index is 0.113. The van der Waals surface area contributed by atoms with E-state index in [0.29, 0.717) is 0 Å². The highest BCUT2D eigenvalue weighted by Crippen LogP contribution is 2.23. The second kappa shape index (κ2) is 8.01. The van der Waals surface area contributed by atoms with Crippen LogP contribution in [0.2, 0.25) is 0 Å². The summed E-state index contributed by atoms with van der Waals surface area (Å²) in [5, 5.41) is 3.50. The average molecular weight is 343 g/mol. The fourth-order valence-electron chi connectivity index (χ4n) is 1.71. The number of rotatable bonds is 7. The van der Waals surface area contributed by atoms with Crippen molar-refractivity contribution in [3.05, 3.63) is 28.2 Å². The van der Waals surface area contributed by atoms with Crippen LogP contribution in [0.25, 0.3) is 0 Å². The first-order chi connectivity index (χ1) is 9.28. The van der Waals surface area contributed by atoms with Crippen LogP contribution < -0.4 is 10.1 Å². The summed E-state index contributed by atoms with van der Waals surface area (Å²) in [4.78, 5) is 2.17. The molecular weight excluding hydrogens is 316 g/mol. The molecule has 0 unspecified atom stereocenters. The SMILES string of the molecule is CN(C)CCCOc1ccc(Br)c(CNC(C)(C)C)c1. The number of halogens is 1. The summed E-state index contributed by atoms with van der Waals surface area (Å²) in [5.74, 6) is 0.942. The third kappa shape index (κ3) is 7.27. The van der Waals surface area contributed by atoms with E-state index in [9.17, 15) is 0 Å². The van der Waals surface area contributed by atoms with Crippen molar-refractivity contribution >= 4 is 15.9 Å². The van der Waals surface area contributed by atoms with Crippen LogP contribution >= 0.6 is 15.9 Å². The molecule has 0 bridgehead atoms. The molecule has 0 radical (unpaired) electrons. The first kappa shape index (κ1) is 17.5. The summed E-state index contributed by atoms with van der Waals surface area (Å²) in [5.41, 5.74) is 1.34. The highest BCUT2D eigenvalue weighted by atomic mass is 79.9. The summed E-state index contributed by atoms with van der Waals surface area (Å²) in [7, 11) is 4.16. The van der Waals surface area contributed by atoms with E-state index in [1.54, 1.807) is 0 Å². The number of hydrogen-bond donors (Lipinski definition) is 1. The van der Waals surface area contributed by atoms with E-state index in [-0.39, 0.29) is 5.54 Å². The van der Waals surface area contributed by atoms with Crippen LogP contribution in [0.3, 0.4) is 0 Å². The van der Waals surface area contributed by atoms with Gasteiger partial charge < -0.3 is 15.0 Å². The Kier molecular flexibility index (Phi) is 7.00. The standard InChI is InChI=1S/C16H27BrN2O/c1-16(2,3)18-12-13-11-14(7-8-15(13)17)20-10-6-9-19(4)5/h7-8,11,18H,6,9-10,12H2,1-5H3. The Bertz CT molecular complexity index is 413. The van der Waals surface area contributed by atoms with Gasteiger partial charge in [-0.05, 0) is 65.0 Å². The van der Waals surface area contributed by atoms with Gasteiger partial charge in [-0.3, -0.25) is 0 Å². The largest absolute Gasteiger partial charge is 0.494 e. The van der Waals surface area contributed by atoms with Gasteiger partial charge in [0.05, 0.1) is 6.61 Å². The third-order valence-corrected chi connectivity index (χ3v) is 3.62. The Morgan fingerprint density at radius 3 is 2.55 bits per heavy atom. The van der Waals surface area contributed by atoms with Crippen LogP contribution in [-0.2, 0) is 6.54 Å². The molecule has 1 rings (SSSR count). The zero-order valence-electron chi connectivity index (χ0n) is 13.3. The van der Waals surface area contributed by atoms with Gasteiger partial charge in [0.15, 0.2) is 0 Å². The first-order valence-electron chi connectivity index (χ1n) is 7.09. The van der Waals surface area contributed by atoms with Crippen LogP contribution in [-0.4, -0.2) is 37.7 Å². The fourth-order valence-corrected chi connectivity index (χ4v) is 2.09. The lowest BCUT2D eigenvalue weighted by Crippen LogP contribution is -2.35. The minimum absolute atomic E-state index is 0.113. The van der Waals surface area contributed by atoms with Crippen LogP contribution in [0.4, 0.5) is 0 Å². The highest BCUT2D eigenvalue weighted by molar-refractivity contribution is 9.10. The second-order valence-corrected chi connectivity index (χ2v) is 7.22. The monoisotopic (exact) mass is 342 g/mol. The second-order valence-electron chi connectivity index (χ2n) is 6.36. The smallest absolute Gasteiger partial charge is 0.119 e. The van der Waals surface area contributed by atoms with Gasteiger partial charge >= 0.3 is 0 Å². The van der Waals surface area contributed by atoms with Crippen molar-refractivity contribution in [2.75, 3.05) is 27.2 Å². The van der Waals surface area contributed by atoms with E-state index in [4.69, 9.17) is 4.74 Å². The molecule has 0 heterocycles. The van der Waals surface area contributed by atoms with Gasteiger partial charge in [0, 0.05) is 23.1 Å². The molecule has 4 heteroatoms. The van der Waals surface area contributed by atoms with Crippen LogP contribution in [0, 0.1) is 0 Å². The predicted octanol–water partition coefficient (Wildman–Crippen LogP) is 3.67. The molecule has 3 nitrogen and oxygen atoms in total. The molecule has 0 aliphatic heterocycles. The van der Waals surface area contributed by atoms with E-state index < -0.39 is 0 Å². The topological polar surface area (TPSA) is 24.5 Å². The number of benzene rings is 1. The Balaban J connectivity index is 2.53.